The van der Waals surface area contributed by atoms with E-state index in [1.54, 1.807) is 30.3 Å². The third kappa shape index (κ3) is 8.94. The number of hydrogen-bond acceptors (Lipinski definition) is 8. The van der Waals surface area contributed by atoms with Gasteiger partial charge in [-0.2, -0.15) is 0 Å². The van der Waals surface area contributed by atoms with Crippen molar-refractivity contribution in [3.8, 4) is 0 Å². The summed E-state index contributed by atoms with van der Waals surface area (Å²) in [7, 11) is -4.19. The van der Waals surface area contributed by atoms with Gasteiger partial charge in [0.05, 0.1) is 9.82 Å². The maximum atomic E-state index is 13.0. The van der Waals surface area contributed by atoms with Gasteiger partial charge in [-0.15, -0.1) is 4.83 Å². The summed E-state index contributed by atoms with van der Waals surface area (Å²) in [4.78, 5) is 36.9. The summed E-state index contributed by atoms with van der Waals surface area (Å²) in [6.45, 7) is 0.235. The Kier molecular flexibility index (Phi) is 10.3. The number of carbonyl (C=O) groups is 2. The van der Waals surface area contributed by atoms with Crippen molar-refractivity contribution in [3.05, 3.63) is 70.3 Å². The number of benzene rings is 2. The number of primary amides is 1. The van der Waals surface area contributed by atoms with E-state index in [0.717, 1.165) is 29.8 Å². The number of nitrogens with zero attached hydrogens (tertiary/aromatic N) is 1. The van der Waals surface area contributed by atoms with Crippen LogP contribution in [0.3, 0.4) is 0 Å². The normalized spacial score (nSPS) is 12.8. The van der Waals surface area contributed by atoms with Crippen molar-refractivity contribution in [1.82, 2.24) is 20.9 Å². The van der Waals surface area contributed by atoms with Gasteiger partial charge in [0.1, 0.15) is 12.1 Å². The van der Waals surface area contributed by atoms with Gasteiger partial charge in [0, 0.05) is 25.1 Å². The van der Waals surface area contributed by atoms with E-state index in [1.807, 2.05) is 0 Å². The first-order chi connectivity index (χ1) is 17.0. The zero-order valence-electron chi connectivity index (χ0n) is 19.1. The third-order valence-corrected chi connectivity index (χ3v) is 6.25. The molecule has 2 aromatic carbocycles. The van der Waals surface area contributed by atoms with E-state index in [0.29, 0.717) is 6.42 Å². The molecule has 0 aromatic heterocycles. The zero-order valence-corrected chi connectivity index (χ0v) is 20.0. The first-order valence-corrected chi connectivity index (χ1v) is 12.2. The monoisotopic (exact) mass is 520 g/mol. The van der Waals surface area contributed by atoms with Crippen LogP contribution in [0.5, 0.6) is 0 Å². The van der Waals surface area contributed by atoms with Gasteiger partial charge in [0.25, 0.3) is 15.7 Å². The van der Waals surface area contributed by atoms with Crippen molar-refractivity contribution in [1.29, 1.82) is 5.41 Å². The fraction of sp³-hybridized carbons (Fsp3) is 0.286. The Morgan fingerprint density at radius 3 is 2.22 bits per heavy atom. The molecule has 9 N–H and O–H groups in total. The Bertz CT molecular complexity index is 1170. The first-order valence-electron chi connectivity index (χ1n) is 10.7. The molecule has 36 heavy (non-hydrogen) atoms. The molecule has 15 heteroatoms. The summed E-state index contributed by atoms with van der Waals surface area (Å²) in [6, 6.07) is 10.9. The van der Waals surface area contributed by atoms with Crippen LogP contribution in [-0.2, 0) is 26.0 Å². The van der Waals surface area contributed by atoms with Gasteiger partial charge in [0.15, 0.2) is 5.96 Å². The number of nitro groups is 1. The highest BCUT2D eigenvalue weighted by atomic mass is 32.2. The number of sulfonamides is 1. The van der Waals surface area contributed by atoms with E-state index in [4.69, 9.17) is 16.9 Å². The molecule has 0 saturated carbocycles. The molecular formula is C21H28N8O6S. The summed E-state index contributed by atoms with van der Waals surface area (Å²) in [6.07, 6.45) is 0.532. The molecule has 2 atom stereocenters. The van der Waals surface area contributed by atoms with Gasteiger partial charge >= 0.3 is 0 Å². The van der Waals surface area contributed by atoms with Gasteiger partial charge in [0.2, 0.25) is 11.8 Å². The van der Waals surface area contributed by atoms with E-state index < -0.39 is 38.8 Å². The van der Waals surface area contributed by atoms with Crippen LogP contribution in [0, 0.1) is 15.5 Å². The molecule has 194 valence electrons. The maximum absolute atomic E-state index is 13.0. The second-order valence-corrected chi connectivity index (χ2v) is 9.37. The topological polar surface area (TPSA) is 235 Å². The van der Waals surface area contributed by atoms with Gasteiger partial charge in [-0.3, -0.25) is 25.1 Å². The lowest BCUT2D eigenvalue weighted by molar-refractivity contribution is -0.384. The molecule has 0 aliphatic heterocycles. The van der Waals surface area contributed by atoms with Crippen LogP contribution in [0.4, 0.5) is 5.69 Å². The number of guanidine groups is 1. The Labute approximate surface area is 207 Å². The third-order valence-electron chi connectivity index (χ3n) is 4.97. The van der Waals surface area contributed by atoms with Crippen molar-refractivity contribution >= 4 is 33.5 Å². The molecule has 0 spiro atoms. The molecule has 2 amide bonds. The highest BCUT2D eigenvalue weighted by Crippen LogP contribution is 2.15. The molecule has 0 fully saturated rings. The highest BCUT2D eigenvalue weighted by molar-refractivity contribution is 7.89. The number of non-ortho nitro benzene ring substituents is 1. The average molecular weight is 521 g/mol. The SMILES string of the molecule is N=C(N)NCCC[C@H](NNS(=O)(=O)c1ccc([N+](=O)[O-])cc1)C(=O)N[C@@H](Cc1ccccc1)C(N)=O. The smallest absolute Gasteiger partial charge is 0.269 e. The van der Waals surface area contributed by atoms with E-state index in [1.165, 1.54) is 0 Å². The molecule has 2 rings (SSSR count). The highest BCUT2D eigenvalue weighted by Gasteiger charge is 2.26. The molecule has 14 nitrogen and oxygen atoms in total. The van der Waals surface area contributed by atoms with Crippen LogP contribution in [0.15, 0.2) is 59.5 Å². The van der Waals surface area contributed by atoms with E-state index in [9.17, 15) is 28.1 Å². The van der Waals surface area contributed by atoms with E-state index in [-0.39, 0.29) is 35.9 Å². The van der Waals surface area contributed by atoms with Crippen molar-refractivity contribution in [3.63, 3.8) is 0 Å². The number of hydrogen-bond donors (Lipinski definition) is 7. The molecule has 0 bridgehead atoms. The molecule has 0 unspecified atom stereocenters. The number of carbonyl (C=O) groups excluding carboxylic acids is 2. The number of nitro benzene ring substituents is 1. The summed E-state index contributed by atoms with van der Waals surface area (Å²) in [5, 5.41) is 23.1. The van der Waals surface area contributed by atoms with Crippen LogP contribution in [0.1, 0.15) is 18.4 Å². The second kappa shape index (κ2) is 13.1. The standard InChI is InChI=1S/C21H28N8O6S/c22-19(30)18(13-14-5-2-1-3-6-14)26-20(31)17(7-4-12-25-21(23)24)27-28-36(34,35)16-10-8-15(9-11-16)29(32)33/h1-3,5-6,8-11,17-18,27-28H,4,7,12-13H2,(H2,22,30)(H,26,31)(H4,23,24,25)/t17-,18-/m0/s1. The van der Waals surface area contributed by atoms with Gasteiger partial charge in [-0.05, 0) is 30.5 Å². The lowest BCUT2D eigenvalue weighted by Gasteiger charge is -2.22. The van der Waals surface area contributed by atoms with Crippen molar-refractivity contribution in [2.45, 2.75) is 36.2 Å². The summed E-state index contributed by atoms with van der Waals surface area (Å²) in [5.41, 5.74) is 13.6. The Hall–Kier alpha value is -4.08. The minimum atomic E-state index is -4.19. The first kappa shape index (κ1) is 28.2. The Balaban J connectivity index is 2.12. The zero-order chi connectivity index (χ0) is 26.7. The second-order valence-electron chi connectivity index (χ2n) is 7.69. The lowest BCUT2D eigenvalue weighted by Crippen LogP contribution is -2.56. The van der Waals surface area contributed by atoms with Crippen LogP contribution < -0.4 is 32.4 Å². The van der Waals surface area contributed by atoms with Gasteiger partial charge in [-0.1, -0.05) is 30.3 Å². The minimum Gasteiger partial charge on any atom is -0.370 e. The molecule has 0 radical (unpaired) electrons. The number of rotatable bonds is 14. The Morgan fingerprint density at radius 1 is 1.03 bits per heavy atom. The predicted molar refractivity (Wildman–Crippen MR) is 131 cm³/mol. The predicted octanol–water partition coefficient (Wildman–Crippen LogP) is -0.778. The number of nitrogens with two attached hydrogens (primary N) is 2. The van der Waals surface area contributed by atoms with E-state index >= 15 is 0 Å². The van der Waals surface area contributed by atoms with Crippen LogP contribution >= 0.6 is 0 Å². The average Bonchev–Trinajstić information content (AvgIpc) is 2.83. The largest absolute Gasteiger partial charge is 0.370 e. The summed E-state index contributed by atoms with van der Waals surface area (Å²) >= 11 is 0. The summed E-state index contributed by atoms with van der Waals surface area (Å²) in [5.74, 6) is -1.72. The van der Waals surface area contributed by atoms with E-state index in [2.05, 4.69) is 20.9 Å². The molecule has 0 aliphatic rings. The number of amides is 2. The summed E-state index contributed by atoms with van der Waals surface area (Å²) < 4.78 is 25.2. The molecule has 0 heterocycles. The molecule has 0 aliphatic carbocycles. The van der Waals surface area contributed by atoms with Crippen molar-refractivity contribution in [2.75, 3.05) is 6.54 Å². The lowest BCUT2D eigenvalue weighted by atomic mass is 10.0. The number of nitrogens with one attached hydrogen (secondary N) is 5. The molecular weight excluding hydrogens is 492 g/mol. The molecule has 2 aromatic rings. The quantitative estimate of drug-likeness (QED) is 0.0543. The van der Waals surface area contributed by atoms with Crippen LogP contribution in [0.25, 0.3) is 0 Å². The van der Waals surface area contributed by atoms with Crippen LogP contribution in [-0.4, -0.2) is 49.7 Å². The minimum absolute atomic E-state index is 0.0890. The number of hydrazine groups is 1. The van der Waals surface area contributed by atoms with Crippen molar-refractivity contribution < 1.29 is 22.9 Å². The fourth-order valence-electron chi connectivity index (χ4n) is 3.10. The van der Waals surface area contributed by atoms with Crippen LogP contribution in [0.2, 0.25) is 0 Å². The van der Waals surface area contributed by atoms with Crippen molar-refractivity contribution in [2.24, 2.45) is 11.5 Å². The maximum Gasteiger partial charge on any atom is 0.269 e. The Morgan fingerprint density at radius 2 is 1.67 bits per heavy atom. The fourth-order valence-corrected chi connectivity index (χ4v) is 4.01. The molecule has 0 saturated heterocycles. The van der Waals surface area contributed by atoms with Gasteiger partial charge in [-0.25, -0.2) is 13.8 Å². The van der Waals surface area contributed by atoms with Gasteiger partial charge < -0.3 is 22.1 Å².